The number of imidazole rings is 1. The predicted octanol–water partition coefficient (Wildman–Crippen LogP) is 2.85. The standard InChI is InChI=1S/C12H15BrFN3OS/c1-7(3-4-19(2)18)17-11-5-8(13)9(14)6-10(11)16-12(17)15/h5-7H,3-4H2,1-2H3,(H2,15,16). The Labute approximate surface area is 121 Å². The third-order valence-electron chi connectivity index (χ3n) is 3.02. The topological polar surface area (TPSA) is 60.9 Å². The number of anilines is 1. The molecule has 2 unspecified atom stereocenters. The van der Waals surface area contributed by atoms with E-state index in [-0.39, 0.29) is 11.9 Å². The van der Waals surface area contributed by atoms with Gasteiger partial charge in [0.2, 0.25) is 5.95 Å². The van der Waals surface area contributed by atoms with Crippen LogP contribution in [-0.4, -0.2) is 25.8 Å². The van der Waals surface area contributed by atoms with E-state index in [4.69, 9.17) is 5.73 Å². The van der Waals surface area contributed by atoms with Crippen LogP contribution >= 0.6 is 15.9 Å². The molecule has 1 aromatic heterocycles. The van der Waals surface area contributed by atoms with Crippen molar-refractivity contribution in [2.24, 2.45) is 0 Å². The molecule has 19 heavy (non-hydrogen) atoms. The first kappa shape index (κ1) is 14.5. The smallest absolute Gasteiger partial charge is 0.201 e. The molecule has 0 saturated heterocycles. The van der Waals surface area contributed by atoms with Crippen LogP contribution in [0.15, 0.2) is 16.6 Å². The van der Waals surface area contributed by atoms with E-state index >= 15 is 0 Å². The van der Waals surface area contributed by atoms with Crippen molar-refractivity contribution in [3.63, 3.8) is 0 Å². The minimum absolute atomic E-state index is 0.0614. The highest BCUT2D eigenvalue weighted by Crippen LogP contribution is 2.28. The van der Waals surface area contributed by atoms with Crippen molar-refractivity contribution in [1.82, 2.24) is 9.55 Å². The van der Waals surface area contributed by atoms with Gasteiger partial charge in [-0.1, -0.05) is 0 Å². The van der Waals surface area contributed by atoms with E-state index in [0.29, 0.717) is 21.7 Å². The number of nitrogen functional groups attached to an aromatic ring is 1. The first-order valence-corrected chi connectivity index (χ1v) is 8.34. The van der Waals surface area contributed by atoms with Crippen molar-refractivity contribution in [1.29, 1.82) is 0 Å². The molecule has 1 heterocycles. The number of nitrogens with two attached hydrogens (primary N) is 1. The molecule has 0 aliphatic heterocycles. The molecule has 0 aliphatic rings. The lowest BCUT2D eigenvalue weighted by atomic mass is 10.2. The summed E-state index contributed by atoms with van der Waals surface area (Å²) >= 11 is 3.17. The van der Waals surface area contributed by atoms with Gasteiger partial charge < -0.3 is 10.3 Å². The molecule has 0 spiro atoms. The lowest BCUT2D eigenvalue weighted by Gasteiger charge is -2.15. The molecule has 4 nitrogen and oxygen atoms in total. The summed E-state index contributed by atoms with van der Waals surface area (Å²) in [5, 5.41) is 0. The van der Waals surface area contributed by atoms with Gasteiger partial charge in [-0.05, 0) is 35.3 Å². The number of benzene rings is 1. The number of aromatic nitrogens is 2. The maximum absolute atomic E-state index is 13.5. The number of halogens is 2. The lowest BCUT2D eigenvalue weighted by Crippen LogP contribution is -2.11. The molecule has 2 N–H and O–H groups in total. The van der Waals surface area contributed by atoms with Gasteiger partial charge in [0.1, 0.15) is 5.82 Å². The van der Waals surface area contributed by atoms with E-state index in [1.807, 2.05) is 11.5 Å². The summed E-state index contributed by atoms with van der Waals surface area (Å²) in [6.45, 7) is 1.99. The Morgan fingerprint density at radius 3 is 2.89 bits per heavy atom. The Bertz CT molecular complexity index is 643. The summed E-state index contributed by atoms with van der Waals surface area (Å²) in [6.07, 6.45) is 2.40. The summed E-state index contributed by atoms with van der Waals surface area (Å²) < 4.78 is 26.9. The average molecular weight is 348 g/mol. The number of rotatable bonds is 4. The summed E-state index contributed by atoms with van der Waals surface area (Å²) in [5.74, 6) is 0.587. The van der Waals surface area contributed by atoms with Gasteiger partial charge in [-0.3, -0.25) is 4.21 Å². The molecule has 2 rings (SSSR count). The highest BCUT2D eigenvalue weighted by atomic mass is 79.9. The van der Waals surface area contributed by atoms with Gasteiger partial charge in [0.05, 0.1) is 15.5 Å². The van der Waals surface area contributed by atoms with Gasteiger partial charge in [0, 0.05) is 34.9 Å². The highest BCUT2D eigenvalue weighted by molar-refractivity contribution is 9.10. The van der Waals surface area contributed by atoms with E-state index in [9.17, 15) is 8.60 Å². The van der Waals surface area contributed by atoms with E-state index in [1.54, 1.807) is 12.3 Å². The van der Waals surface area contributed by atoms with Gasteiger partial charge in [0.15, 0.2) is 0 Å². The van der Waals surface area contributed by atoms with Crippen LogP contribution in [0.5, 0.6) is 0 Å². The number of hydrogen-bond acceptors (Lipinski definition) is 3. The molecule has 0 saturated carbocycles. The largest absolute Gasteiger partial charge is 0.369 e. The monoisotopic (exact) mass is 347 g/mol. The van der Waals surface area contributed by atoms with Gasteiger partial charge in [-0.2, -0.15) is 0 Å². The van der Waals surface area contributed by atoms with Crippen molar-refractivity contribution in [2.75, 3.05) is 17.7 Å². The third-order valence-corrected chi connectivity index (χ3v) is 4.44. The zero-order chi connectivity index (χ0) is 14.2. The molecule has 2 aromatic rings. The first-order valence-electron chi connectivity index (χ1n) is 5.82. The number of hydrogen-bond donors (Lipinski definition) is 1. The Balaban J connectivity index is 2.44. The van der Waals surface area contributed by atoms with E-state index in [1.165, 1.54) is 6.07 Å². The first-order chi connectivity index (χ1) is 8.90. The van der Waals surface area contributed by atoms with Crippen LogP contribution in [0.4, 0.5) is 10.3 Å². The highest BCUT2D eigenvalue weighted by Gasteiger charge is 2.16. The summed E-state index contributed by atoms with van der Waals surface area (Å²) in [4.78, 5) is 4.17. The Hall–Kier alpha value is -0.950. The maximum atomic E-state index is 13.5. The molecule has 0 fully saturated rings. The maximum Gasteiger partial charge on any atom is 0.201 e. The van der Waals surface area contributed by atoms with Gasteiger partial charge in [-0.15, -0.1) is 0 Å². The van der Waals surface area contributed by atoms with Crippen LogP contribution in [0.2, 0.25) is 0 Å². The molecular formula is C12H15BrFN3OS. The minimum Gasteiger partial charge on any atom is -0.369 e. The second-order valence-electron chi connectivity index (χ2n) is 4.51. The second kappa shape index (κ2) is 5.58. The number of fused-ring (bicyclic) bond motifs is 1. The molecular weight excluding hydrogens is 333 g/mol. The zero-order valence-corrected chi connectivity index (χ0v) is 13.1. The molecule has 0 aliphatic carbocycles. The van der Waals surface area contributed by atoms with Gasteiger partial charge in [-0.25, -0.2) is 9.37 Å². The van der Waals surface area contributed by atoms with Gasteiger partial charge >= 0.3 is 0 Å². The molecule has 0 radical (unpaired) electrons. The fourth-order valence-electron chi connectivity index (χ4n) is 2.04. The zero-order valence-electron chi connectivity index (χ0n) is 10.7. The Morgan fingerprint density at radius 1 is 1.58 bits per heavy atom. The van der Waals surface area contributed by atoms with Gasteiger partial charge in [0.25, 0.3) is 0 Å². The fraction of sp³-hybridized carbons (Fsp3) is 0.417. The molecule has 7 heteroatoms. The summed E-state index contributed by atoms with van der Waals surface area (Å²) in [6, 6.07) is 3.09. The van der Waals surface area contributed by atoms with Crippen molar-refractivity contribution in [3.8, 4) is 0 Å². The van der Waals surface area contributed by atoms with Crippen LogP contribution in [-0.2, 0) is 10.8 Å². The summed E-state index contributed by atoms with van der Waals surface area (Å²) in [7, 11) is -0.840. The molecule has 0 bridgehead atoms. The molecule has 104 valence electrons. The molecule has 0 amide bonds. The second-order valence-corrected chi connectivity index (χ2v) is 6.92. The van der Waals surface area contributed by atoms with Crippen molar-refractivity contribution in [3.05, 3.63) is 22.4 Å². The van der Waals surface area contributed by atoms with E-state index in [0.717, 1.165) is 11.9 Å². The number of nitrogens with zero attached hydrogens (tertiary/aromatic N) is 2. The van der Waals surface area contributed by atoms with Crippen LogP contribution in [0, 0.1) is 5.82 Å². The normalized spacial score (nSPS) is 14.7. The average Bonchev–Trinajstić information content (AvgIpc) is 2.62. The van der Waals surface area contributed by atoms with Crippen LogP contribution in [0.3, 0.4) is 0 Å². The lowest BCUT2D eigenvalue weighted by molar-refractivity contribution is 0.551. The fourth-order valence-corrected chi connectivity index (χ4v) is 3.04. The molecule has 1 aromatic carbocycles. The summed E-state index contributed by atoms with van der Waals surface area (Å²) in [5.41, 5.74) is 7.21. The van der Waals surface area contributed by atoms with Crippen LogP contribution < -0.4 is 5.73 Å². The third kappa shape index (κ3) is 2.97. The van der Waals surface area contributed by atoms with E-state index < -0.39 is 10.8 Å². The minimum atomic E-state index is -0.840. The quantitative estimate of drug-likeness (QED) is 0.924. The van der Waals surface area contributed by atoms with E-state index in [2.05, 4.69) is 20.9 Å². The Kier molecular flexibility index (Phi) is 4.25. The van der Waals surface area contributed by atoms with Crippen molar-refractivity contribution in [2.45, 2.75) is 19.4 Å². The SMILES string of the molecule is CC(CCS(C)=O)n1c(N)nc2cc(F)c(Br)cc21. The van der Waals surface area contributed by atoms with Crippen LogP contribution in [0.1, 0.15) is 19.4 Å². The Morgan fingerprint density at radius 2 is 2.26 bits per heavy atom. The van der Waals surface area contributed by atoms with Crippen molar-refractivity contribution < 1.29 is 8.60 Å². The van der Waals surface area contributed by atoms with Crippen LogP contribution in [0.25, 0.3) is 11.0 Å². The van der Waals surface area contributed by atoms with Crippen molar-refractivity contribution >= 4 is 43.7 Å². The predicted molar refractivity (Wildman–Crippen MR) is 80.1 cm³/mol. The molecule has 2 atom stereocenters.